The van der Waals surface area contributed by atoms with E-state index < -0.39 is 5.97 Å². The predicted molar refractivity (Wildman–Crippen MR) is 199 cm³/mol. The third kappa shape index (κ3) is 7.03. The summed E-state index contributed by atoms with van der Waals surface area (Å²) in [5.74, 6) is -0.400. The number of benzene rings is 3. The molecule has 4 heterocycles. The molecule has 49 heavy (non-hydrogen) atoms. The van der Waals surface area contributed by atoms with E-state index in [4.69, 9.17) is 14.7 Å². The number of hydrogen-bond acceptors (Lipinski definition) is 7. The van der Waals surface area contributed by atoms with Gasteiger partial charge in [-0.2, -0.15) is 0 Å². The van der Waals surface area contributed by atoms with Crippen LogP contribution in [-0.4, -0.2) is 27.5 Å². The Morgan fingerprint density at radius 2 is 1.24 bits per heavy atom. The largest absolute Gasteiger partial charge is 0.462 e. The number of rotatable bonds is 10. The van der Waals surface area contributed by atoms with Gasteiger partial charge in [-0.05, 0) is 109 Å². The van der Waals surface area contributed by atoms with Gasteiger partial charge in [-0.15, -0.1) is 11.3 Å². The summed E-state index contributed by atoms with van der Waals surface area (Å²) in [5, 5.41) is 0. The van der Waals surface area contributed by atoms with E-state index >= 15 is 0 Å². The Labute approximate surface area is 290 Å². The van der Waals surface area contributed by atoms with Gasteiger partial charge < -0.3 is 9.64 Å². The molecule has 0 aliphatic heterocycles. The van der Waals surface area contributed by atoms with Crippen LogP contribution in [0.4, 0.5) is 17.1 Å². The smallest absolute Gasteiger partial charge is 0.338 e. The molecule has 0 N–H and O–H groups in total. The number of carbonyl (C=O) groups excluding carboxylic acids is 1. The third-order valence-electron chi connectivity index (χ3n) is 8.19. The molecule has 0 fully saturated rings. The van der Waals surface area contributed by atoms with Gasteiger partial charge in [-0.25, -0.2) is 9.78 Å². The summed E-state index contributed by atoms with van der Waals surface area (Å²) < 4.78 is 5.32. The van der Waals surface area contributed by atoms with Crippen LogP contribution in [0, 0.1) is 0 Å². The second kappa shape index (κ2) is 14.5. The lowest BCUT2D eigenvalue weighted by atomic mass is 10.1. The lowest BCUT2D eigenvalue weighted by Gasteiger charge is -2.25. The maximum Gasteiger partial charge on any atom is 0.338 e. The van der Waals surface area contributed by atoms with Crippen molar-refractivity contribution < 1.29 is 9.53 Å². The summed E-state index contributed by atoms with van der Waals surface area (Å²) in [6, 6.07) is 45.3. The Morgan fingerprint density at radius 1 is 0.633 bits per heavy atom. The fraction of sp³-hybridized carbons (Fsp3) is 0.0952. The van der Waals surface area contributed by atoms with Crippen molar-refractivity contribution in [3.8, 4) is 43.7 Å². The van der Waals surface area contributed by atoms with Gasteiger partial charge in [0.25, 0.3) is 0 Å². The normalized spacial score (nSPS) is 10.9. The molecule has 0 unspecified atom stereocenters. The van der Waals surface area contributed by atoms with E-state index in [0.29, 0.717) is 28.3 Å². The minimum Gasteiger partial charge on any atom is -0.462 e. The number of carbonyl (C=O) groups is 1. The predicted octanol–water partition coefficient (Wildman–Crippen LogP) is 10.8. The molecule has 0 aliphatic carbocycles. The number of esters is 1. The molecule has 0 spiro atoms. The Bertz CT molecular complexity index is 2140. The van der Waals surface area contributed by atoms with Crippen molar-refractivity contribution in [1.82, 2.24) is 15.0 Å². The molecule has 0 saturated heterocycles. The number of para-hydroxylation sites is 2. The standard InChI is InChI=1S/C42H34N4O2S/c1-3-29-23-24-43-37(25-29)39-27-32(42(47)48-4-2)26-38(45-39)36-20-17-31(28-44-36)41-22-21-40(49-41)30-15-18-35(19-16-30)46(33-11-7-5-8-12-33)34-13-9-6-10-14-34/h5-28H,3-4H2,1-2H3. The molecule has 240 valence electrons. The number of aryl methyl sites for hydroxylation is 1. The second-order valence-electron chi connectivity index (χ2n) is 11.4. The lowest BCUT2D eigenvalue weighted by molar-refractivity contribution is 0.0526. The number of pyridine rings is 3. The topological polar surface area (TPSA) is 68.2 Å². The Hall–Kier alpha value is -5.92. The van der Waals surface area contributed by atoms with Gasteiger partial charge in [0.1, 0.15) is 0 Å². The number of aromatic nitrogens is 3. The number of anilines is 3. The van der Waals surface area contributed by atoms with E-state index in [-0.39, 0.29) is 6.61 Å². The summed E-state index contributed by atoms with van der Waals surface area (Å²) in [4.78, 5) is 31.5. The van der Waals surface area contributed by atoms with E-state index in [1.165, 1.54) is 4.88 Å². The van der Waals surface area contributed by atoms with Crippen molar-refractivity contribution in [2.24, 2.45) is 0 Å². The highest BCUT2D eigenvalue weighted by Crippen LogP contribution is 2.38. The molecule has 7 rings (SSSR count). The molecule has 7 aromatic rings. The summed E-state index contributed by atoms with van der Waals surface area (Å²) >= 11 is 1.72. The highest BCUT2D eigenvalue weighted by atomic mass is 32.1. The van der Waals surface area contributed by atoms with E-state index in [2.05, 4.69) is 102 Å². The first-order chi connectivity index (χ1) is 24.1. The van der Waals surface area contributed by atoms with Crippen molar-refractivity contribution >= 4 is 34.4 Å². The van der Waals surface area contributed by atoms with Gasteiger partial charge in [0.2, 0.25) is 0 Å². The van der Waals surface area contributed by atoms with Gasteiger partial charge in [0.15, 0.2) is 0 Å². The monoisotopic (exact) mass is 658 g/mol. The van der Waals surface area contributed by atoms with Crippen LogP contribution in [0.2, 0.25) is 0 Å². The van der Waals surface area contributed by atoms with E-state index in [1.807, 2.05) is 42.6 Å². The van der Waals surface area contributed by atoms with Crippen molar-refractivity contribution in [2.75, 3.05) is 11.5 Å². The molecule has 4 aromatic heterocycles. The van der Waals surface area contributed by atoms with Gasteiger partial charge in [0.05, 0.1) is 34.9 Å². The average molecular weight is 659 g/mol. The highest BCUT2D eigenvalue weighted by molar-refractivity contribution is 7.18. The van der Waals surface area contributed by atoms with Crippen LogP contribution in [0.15, 0.2) is 146 Å². The minimum absolute atomic E-state index is 0.287. The Morgan fingerprint density at radius 3 is 1.86 bits per heavy atom. The molecule has 0 aliphatic rings. The third-order valence-corrected chi connectivity index (χ3v) is 9.37. The van der Waals surface area contributed by atoms with Crippen LogP contribution < -0.4 is 4.90 Å². The molecule has 0 atom stereocenters. The zero-order valence-electron chi connectivity index (χ0n) is 27.3. The van der Waals surface area contributed by atoms with Gasteiger partial charge >= 0.3 is 5.97 Å². The highest BCUT2D eigenvalue weighted by Gasteiger charge is 2.16. The molecule has 0 bridgehead atoms. The average Bonchev–Trinajstić information content (AvgIpc) is 3.67. The molecule has 3 aromatic carbocycles. The summed E-state index contributed by atoms with van der Waals surface area (Å²) in [7, 11) is 0. The lowest BCUT2D eigenvalue weighted by Crippen LogP contribution is -2.09. The van der Waals surface area contributed by atoms with Gasteiger partial charge in [0, 0.05) is 44.8 Å². The summed E-state index contributed by atoms with van der Waals surface area (Å²) in [6.45, 7) is 4.18. The van der Waals surface area contributed by atoms with Crippen LogP contribution in [0.25, 0.3) is 43.7 Å². The van der Waals surface area contributed by atoms with Gasteiger partial charge in [-0.3, -0.25) is 9.97 Å². The number of nitrogens with zero attached hydrogens (tertiary/aromatic N) is 4. The minimum atomic E-state index is -0.400. The van der Waals surface area contributed by atoms with E-state index in [9.17, 15) is 4.79 Å². The first kappa shape index (κ1) is 31.7. The zero-order chi connectivity index (χ0) is 33.6. The van der Waals surface area contributed by atoms with Crippen molar-refractivity contribution in [3.63, 3.8) is 0 Å². The zero-order valence-corrected chi connectivity index (χ0v) is 28.1. The fourth-order valence-electron chi connectivity index (χ4n) is 5.67. The van der Waals surface area contributed by atoms with Crippen LogP contribution in [-0.2, 0) is 11.2 Å². The molecular formula is C42H34N4O2S. The summed E-state index contributed by atoms with van der Waals surface area (Å²) in [5.41, 5.74) is 9.59. The number of thiophene rings is 1. The Balaban J connectivity index is 1.14. The molecule has 7 heteroatoms. The fourth-order valence-corrected chi connectivity index (χ4v) is 6.68. The SMILES string of the molecule is CCOC(=O)c1cc(-c2ccc(-c3ccc(-c4ccc(N(c5ccccc5)c5ccccc5)cc4)s3)cn2)nc(-c2cc(CC)ccn2)c1. The van der Waals surface area contributed by atoms with Crippen molar-refractivity contribution in [1.29, 1.82) is 0 Å². The second-order valence-corrected chi connectivity index (χ2v) is 12.5. The van der Waals surface area contributed by atoms with E-state index in [1.54, 1.807) is 36.6 Å². The maximum atomic E-state index is 12.8. The molecule has 0 amide bonds. The molecule has 0 saturated carbocycles. The van der Waals surface area contributed by atoms with Gasteiger partial charge in [-0.1, -0.05) is 55.5 Å². The molecular weight excluding hydrogens is 625 g/mol. The van der Waals surface area contributed by atoms with Crippen molar-refractivity contribution in [3.05, 3.63) is 157 Å². The maximum absolute atomic E-state index is 12.8. The molecule has 6 nitrogen and oxygen atoms in total. The first-order valence-corrected chi connectivity index (χ1v) is 17.1. The van der Waals surface area contributed by atoms with Crippen LogP contribution in [0.5, 0.6) is 0 Å². The quantitative estimate of drug-likeness (QED) is 0.136. The first-order valence-electron chi connectivity index (χ1n) is 16.3. The van der Waals surface area contributed by atoms with Crippen LogP contribution >= 0.6 is 11.3 Å². The van der Waals surface area contributed by atoms with E-state index in [0.717, 1.165) is 45.1 Å². The molecule has 0 radical (unpaired) electrons. The summed E-state index contributed by atoms with van der Waals surface area (Å²) in [6.07, 6.45) is 4.51. The van der Waals surface area contributed by atoms with Crippen LogP contribution in [0.1, 0.15) is 29.8 Å². The number of ether oxygens (including phenoxy) is 1. The Kier molecular flexibility index (Phi) is 9.34. The number of hydrogen-bond donors (Lipinski definition) is 0. The van der Waals surface area contributed by atoms with Crippen molar-refractivity contribution in [2.45, 2.75) is 20.3 Å². The van der Waals surface area contributed by atoms with Crippen LogP contribution in [0.3, 0.4) is 0 Å².